The molecule has 2 aliphatic rings. The van der Waals surface area contributed by atoms with E-state index < -0.39 is 11.8 Å². The molecule has 0 aliphatic carbocycles. The number of anilines is 2. The van der Waals surface area contributed by atoms with Gasteiger partial charge in [-0.15, -0.1) is 13.2 Å². The molecule has 0 radical (unpaired) electrons. The van der Waals surface area contributed by atoms with Crippen LogP contribution in [-0.4, -0.2) is 63.0 Å². The molecule has 0 saturated carbocycles. The van der Waals surface area contributed by atoms with Crippen molar-refractivity contribution in [2.24, 2.45) is 5.92 Å². The largest absolute Gasteiger partial charge is 0.493 e. The number of rotatable bonds is 9. The molecule has 4 rings (SSSR count). The van der Waals surface area contributed by atoms with Crippen molar-refractivity contribution >= 4 is 29.1 Å². The normalized spacial score (nSPS) is 17.0. The van der Waals surface area contributed by atoms with Crippen molar-refractivity contribution in [3.8, 4) is 11.5 Å². The predicted octanol–water partition coefficient (Wildman–Crippen LogP) is 3.92. The van der Waals surface area contributed by atoms with Gasteiger partial charge in [-0.1, -0.05) is 18.2 Å². The van der Waals surface area contributed by atoms with Crippen molar-refractivity contribution in [2.45, 2.75) is 12.8 Å². The van der Waals surface area contributed by atoms with E-state index in [1.807, 2.05) is 11.0 Å². The third kappa shape index (κ3) is 4.46. The maximum absolute atomic E-state index is 13.6. The Morgan fingerprint density at radius 2 is 1.78 bits per heavy atom. The van der Waals surface area contributed by atoms with Gasteiger partial charge in [0.15, 0.2) is 11.5 Å². The van der Waals surface area contributed by atoms with E-state index in [2.05, 4.69) is 13.2 Å². The summed E-state index contributed by atoms with van der Waals surface area (Å²) in [6.45, 7) is 9.58. The number of hydrogen-bond acceptors (Lipinski definition) is 6. The molecule has 8 heteroatoms. The summed E-state index contributed by atoms with van der Waals surface area (Å²) < 4.78 is 10.6. The molecular formula is C28H31N3O5. The van der Waals surface area contributed by atoms with E-state index in [4.69, 9.17) is 9.47 Å². The van der Waals surface area contributed by atoms with Crippen molar-refractivity contribution < 1.29 is 23.9 Å². The molecular weight excluding hydrogens is 458 g/mol. The average molecular weight is 490 g/mol. The van der Waals surface area contributed by atoms with Crippen LogP contribution in [0.1, 0.15) is 33.6 Å². The van der Waals surface area contributed by atoms with E-state index in [0.29, 0.717) is 60.2 Å². The van der Waals surface area contributed by atoms with Gasteiger partial charge in [-0.3, -0.25) is 14.4 Å². The van der Waals surface area contributed by atoms with E-state index in [-0.39, 0.29) is 11.8 Å². The maximum atomic E-state index is 13.6. The van der Waals surface area contributed by atoms with Crippen LogP contribution in [0.5, 0.6) is 11.5 Å². The van der Waals surface area contributed by atoms with Gasteiger partial charge in [0, 0.05) is 32.2 Å². The summed E-state index contributed by atoms with van der Waals surface area (Å²) >= 11 is 0. The molecule has 36 heavy (non-hydrogen) atoms. The van der Waals surface area contributed by atoms with Gasteiger partial charge < -0.3 is 19.3 Å². The van der Waals surface area contributed by atoms with Gasteiger partial charge in [0.2, 0.25) is 5.91 Å². The van der Waals surface area contributed by atoms with Crippen molar-refractivity contribution in [2.75, 3.05) is 50.2 Å². The molecule has 2 aliphatic heterocycles. The Hall–Kier alpha value is -4.07. The summed E-state index contributed by atoms with van der Waals surface area (Å²) in [6.07, 6.45) is 4.98. The van der Waals surface area contributed by atoms with Gasteiger partial charge >= 0.3 is 0 Å². The Balaban J connectivity index is 1.64. The number of nitrogens with zero attached hydrogens (tertiary/aromatic N) is 3. The van der Waals surface area contributed by atoms with Crippen LogP contribution in [0.25, 0.3) is 0 Å². The minimum absolute atomic E-state index is 0.0430. The van der Waals surface area contributed by atoms with Crippen LogP contribution in [0.4, 0.5) is 11.4 Å². The maximum Gasteiger partial charge on any atom is 0.268 e. The third-order valence-electron chi connectivity index (χ3n) is 6.64. The number of ether oxygens (including phenoxy) is 2. The van der Waals surface area contributed by atoms with Crippen LogP contribution in [-0.2, 0) is 4.79 Å². The number of fused-ring (bicyclic) bond motifs is 1. The molecule has 1 saturated heterocycles. The quantitative estimate of drug-likeness (QED) is 0.392. The third-order valence-corrected chi connectivity index (χ3v) is 6.64. The zero-order chi connectivity index (χ0) is 25.8. The lowest BCUT2D eigenvalue weighted by Crippen LogP contribution is -2.45. The summed E-state index contributed by atoms with van der Waals surface area (Å²) in [5.41, 5.74) is 1.78. The minimum atomic E-state index is -0.397. The van der Waals surface area contributed by atoms with E-state index in [0.717, 1.165) is 12.8 Å². The average Bonchev–Trinajstić information content (AvgIpc) is 3.17. The van der Waals surface area contributed by atoms with Crippen LogP contribution in [0, 0.1) is 5.92 Å². The Labute approximate surface area is 211 Å². The number of methoxy groups -OCH3 is 2. The fraction of sp³-hybridized carbons (Fsp3) is 0.321. The first-order valence-corrected chi connectivity index (χ1v) is 11.9. The second-order valence-electron chi connectivity index (χ2n) is 8.79. The lowest BCUT2D eigenvalue weighted by Gasteiger charge is -2.36. The van der Waals surface area contributed by atoms with Crippen LogP contribution in [0.15, 0.2) is 61.7 Å². The number of piperidine rings is 1. The first-order valence-electron chi connectivity index (χ1n) is 11.9. The van der Waals surface area contributed by atoms with Crippen LogP contribution < -0.4 is 19.3 Å². The predicted molar refractivity (Wildman–Crippen MR) is 139 cm³/mol. The monoisotopic (exact) mass is 489 g/mol. The number of carbonyl (C=O) groups is 3. The molecule has 2 aromatic rings. The van der Waals surface area contributed by atoms with Crippen molar-refractivity contribution in [1.82, 2.24) is 4.90 Å². The lowest BCUT2D eigenvalue weighted by atomic mass is 9.94. The van der Waals surface area contributed by atoms with E-state index in [1.165, 1.54) is 19.1 Å². The van der Waals surface area contributed by atoms with Crippen LogP contribution >= 0.6 is 0 Å². The summed E-state index contributed by atoms with van der Waals surface area (Å²) in [4.78, 5) is 45.1. The molecule has 2 heterocycles. The molecule has 2 aromatic carbocycles. The Morgan fingerprint density at radius 1 is 1.06 bits per heavy atom. The second kappa shape index (κ2) is 10.7. The molecule has 0 spiro atoms. The number of benzene rings is 2. The SMILES string of the molecule is C=CCN(CC=C)C(=O)[C@@H]1CCCN(c2cccc3c2C(=O)N(c2ccc(OC)c(OC)c2)C3=O)C1. The fourth-order valence-electron chi connectivity index (χ4n) is 4.95. The first kappa shape index (κ1) is 25.0. The standard InChI is InChI=1S/C28H31N3O5/c1-5-14-29(15-6-2)26(32)19-9-8-16-30(18-19)22-11-7-10-21-25(22)28(34)31(27(21)33)20-12-13-23(35-3)24(17-20)36-4/h5-7,10-13,17,19H,1-2,8-9,14-16,18H2,3-4H3/t19-/m1/s1. The molecule has 3 amide bonds. The number of carbonyl (C=O) groups excluding carboxylic acids is 3. The first-order chi connectivity index (χ1) is 17.4. The topological polar surface area (TPSA) is 79.4 Å². The van der Waals surface area contributed by atoms with Crippen molar-refractivity contribution in [3.63, 3.8) is 0 Å². The summed E-state index contributed by atoms with van der Waals surface area (Å²) in [7, 11) is 3.03. The molecule has 1 atom stereocenters. The molecule has 0 unspecified atom stereocenters. The zero-order valence-electron chi connectivity index (χ0n) is 20.7. The summed E-state index contributed by atoms with van der Waals surface area (Å²) in [6, 6.07) is 10.2. The van der Waals surface area contributed by atoms with Gasteiger partial charge in [0.25, 0.3) is 11.8 Å². The number of imide groups is 1. The van der Waals surface area contributed by atoms with Crippen molar-refractivity contribution in [3.05, 3.63) is 72.8 Å². The Kier molecular flexibility index (Phi) is 7.43. The minimum Gasteiger partial charge on any atom is -0.493 e. The fourth-order valence-corrected chi connectivity index (χ4v) is 4.95. The highest BCUT2D eigenvalue weighted by atomic mass is 16.5. The second-order valence-corrected chi connectivity index (χ2v) is 8.79. The zero-order valence-corrected chi connectivity index (χ0v) is 20.7. The van der Waals surface area contributed by atoms with Crippen LogP contribution in [0.3, 0.4) is 0 Å². The highest BCUT2D eigenvalue weighted by molar-refractivity contribution is 6.36. The molecule has 8 nitrogen and oxygen atoms in total. The van der Waals surface area contributed by atoms with Gasteiger partial charge in [-0.25, -0.2) is 4.90 Å². The Bertz CT molecular complexity index is 1200. The number of hydrogen-bond donors (Lipinski definition) is 0. The van der Waals surface area contributed by atoms with E-state index in [1.54, 1.807) is 47.4 Å². The van der Waals surface area contributed by atoms with Crippen molar-refractivity contribution in [1.29, 1.82) is 0 Å². The molecule has 0 bridgehead atoms. The summed E-state index contributed by atoms with van der Waals surface area (Å²) in [5, 5.41) is 0. The molecule has 188 valence electrons. The van der Waals surface area contributed by atoms with E-state index in [9.17, 15) is 14.4 Å². The molecule has 0 N–H and O–H groups in total. The van der Waals surface area contributed by atoms with Gasteiger partial charge in [-0.05, 0) is 37.1 Å². The molecule has 0 aromatic heterocycles. The van der Waals surface area contributed by atoms with Crippen LogP contribution in [0.2, 0.25) is 0 Å². The lowest BCUT2D eigenvalue weighted by molar-refractivity contribution is -0.134. The Morgan fingerprint density at radius 3 is 2.44 bits per heavy atom. The van der Waals surface area contributed by atoms with Gasteiger partial charge in [0.05, 0.1) is 42.6 Å². The number of amides is 3. The summed E-state index contributed by atoms with van der Waals surface area (Å²) in [5.74, 6) is -0.0366. The highest BCUT2D eigenvalue weighted by Gasteiger charge is 2.40. The highest BCUT2D eigenvalue weighted by Crippen LogP contribution is 2.39. The molecule has 1 fully saturated rings. The van der Waals surface area contributed by atoms with Gasteiger partial charge in [-0.2, -0.15) is 0 Å². The van der Waals surface area contributed by atoms with Gasteiger partial charge in [0.1, 0.15) is 0 Å². The van der Waals surface area contributed by atoms with E-state index >= 15 is 0 Å². The smallest absolute Gasteiger partial charge is 0.268 e.